The number of rotatable bonds is 5. The Labute approximate surface area is 147 Å². The van der Waals surface area contributed by atoms with Crippen LogP contribution in [-0.2, 0) is 19.3 Å². The number of nitrogens with zero attached hydrogens (tertiary/aromatic N) is 3. The van der Waals surface area contributed by atoms with E-state index in [1.54, 1.807) is 0 Å². The van der Waals surface area contributed by atoms with Gasteiger partial charge in [0.1, 0.15) is 5.82 Å². The Hall–Kier alpha value is -2.18. The molecule has 25 heavy (non-hydrogen) atoms. The van der Waals surface area contributed by atoms with Crippen molar-refractivity contribution >= 4 is 11.9 Å². The number of fused-ring (bicyclic) bond motifs is 1. The Balaban J connectivity index is 1.37. The average Bonchev–Trinajstić information content (AvgIpc) is 3.32. The lowest BCUT2D eigenvalue weighted by Gasteiger charge is -2.05. The smallest absolute Gasteiger partial charge is 0.278 e. The number of aromatic amines is 2. The fourth-order valence-corrected chi connectivity index (χ4v) is 4.11. The summed E-state index contributed by atoms with van der Waals surface area (Å²) in [6.45, 7) is 0. The lowest BCUT2D eigenvalue weighted by Crippen LogP contribution is -2.15. The van der Waals surface area contributed by atoms with E-state index in [1.807, 2.05) is 0 Å². The molecule has 2 aliphatic carbocycles. The predicted octanol–water partition coefficient (Wildman–Crippen LogP) is 3.17. The van der Waals surface area contributed by atoms with E-state index in [0.717, 1.165) is 61.5 Å². The zero-order valence-corrected chi connectivity index (χ0v) is 14.6. The van der Waals surface area contributed by atoms with Crippen molar-refractivity contribution in [1.82, 2.24) is 25.4 Å². The van der Waals surface area contributed by atoms with Crippen molar-refractivity contribution in [3.8, 4) is 0 Å². The number of carbonyl (C=O) groups excluding carboxylic acids is 1. The number of aromatic nitrogens is 5. The summed E-state index contributed by atoms with van der Waals surface area (Å²) in [6, 6.07) is 0. The van der Waals surface area contributed by atoms with Crippen LogP contribution in [0.1, 0.15) is 78.9 Å². The summed E-state index contributed by atoms with van der Waals surface area (Å²) in [4.78, 5) is 17.0. The van der Waals surface area contributed by atoms with Crippen molar-refractivity contribution in [1.29, 1.82) is 0 Å². The molecule has 0 aromatic carbocycles. The standard InChI is InChI=1S/C18H26N6O/c25-17(16-13-8-2-1-3-9-14(13)21-23-16)20-18-19-15(22-24-18)11-10-12-6-4-5-7-12/h12H,1-11H2,(H,21,23)(H2,19,20,22,24,25). The van der Waals surface area contributed by atoms with Gasteiger partial charge in [0.05, 0.1) is 0 Å². The van der Waals surface area contributed by atoms with Gasteiger partial charge in [0.2, 0.25) is 5.95 Å². The van der Waals surface area contributed by atoms with Crippen molar-refractivity contribution in [2.24, 2.45) is 5.92 Å². The highest BCUT2D eigenvalue weighted by Gasteiger charge is 2.22. The first-order valence-electron chi connectivity index (χ1n) is 9.58. The molecule has 134 valence electrons. The molecule has 1 amide bonds. The molecule has 1 fully saturated rings. The van der Waals surface area contributed by atoms with Crippen LogP contribution in [0.3, 0.4) is 0 Å². The van der Waals surface area contributed by atoms with E-state index in [1.165, 1.54) is 32.1 Å². The quantitative estimate of drug-likeness (QED) is 0.727. The van der Waals surface area contributed by atoms with Crippen LogP contribution in [-0.4, -0.2) is 31.3 Å². The van der Waals surface area contributed by atoms with Crippen LogP contribution in [0.4, 0.5) is 5.95 Å². The molecule has 0 spiro atoms. The molecule has 0 saturated heterocycles. The van der Waals surface area contributed by atoms with E-state index in [2.05, 4.69) is 30.7 Å². The molecule has 2 aromatic heterocycles. The largest absolute Gasteiger partial charge is 0.288 e. The third-order valence-corrected chi connectivity index (χ3v) is 5.54. The van der Waals surface area contributed by atoms with Crippen molar-refractivity contribution in [3.63, 3.8) is 0 Å². The molecule has 0 aliphatic heterocycles. The number of H-pyrrole nitrogens is 2. The van der Waals surface area contributed by atoms with E-state index >= 15 is 0 Å². The highest BCUT2D eigenvalue weighted by Crippen LogP contribution is 2.28. The normalized spacial score (nSPS) is 18.1. The van der Waals surface area contributed by atoms with Crippen LogP contribution >= 0.6 is 0 Å². The number of anilines is 1. The van der Waals surface area contributed by atoms with E-state index in [0.29, 0.717) is 11.6 Å². The monoisotopic (exact) mass is 342 g/mol. The van der Waals surface area contributed by atoms with E-state index in [9.17, 15) is 4.79 Å². The van der Waals surface area contributed by atoms with E-state index < -0.39 is 0 Å². The second-order valence-electron chi connectivity index (χ2n) is 7.34. The highest BCUT2D eigenvalue weighted by molar-refractivity contribution is 6.03. The van der Waals surface area contributed by atoms with Crippen molar-refractivity contribution < 1.29 is 4.79 Å². The third kappa shape index (κ3) is 3.75. The summed E-state index contributed by atoms with van der Waals surface area (Å²) in [5, 5.41) is 17.1. The highest BCUT2D eigenvalue weighted by atomic mass is 16.2. The minimum Gasteiger partial charge on any atom is -0.288 e. The Morgan fingerprint density at radius 2 is 1.88 bits per heavy atom. The molecule has 0 bridgehead atoms. The molecule has 7 nitrogen and oxygen atoms in total. The van der Waals surface area contributed by atoms with Gasteiger partial charge in [-0.25, -0.2) is 0 Å². The van der Waals surface area contributed by atoms with Gasteiger partial charge in [-0.2, -0.15) is 10.1 Å². The molecule has 0 atom stereocenters. The van der Waals surface area contributed by atoms with E-state index in [-0.39, 0.29) is 5.91 Å². The zero-order valence-electron chi connectivity index (χ0n) is 14.6. The molecule has 0 radical (unpaired) electrons. The van der Waals surface area contributed by atoms with Crippen LogP contribution in [0.5, 0.6) is 0 Å². The minimum absolute atomic E-state index is 0.222. The fraction of sp³-hybridized carbons (Fsp3) is 0.667. The number of hydrogen-bond donors (Lipinski definition) is 3. The predicted molar refractivity (Wildman–Crippen MR) is 94.5 cm³/mol. The Kier molecular flexibility index (Phi) is 4.81. The maximum atomic E-state index is 12.5. The maximum absolute atomic E-state index is 12.5. The maximum Gasteiger partial charge on any atom is 0.278 e. The van der Waals surface area contributed by atoms with Gasteiger partial charge < -0.3 is 0 Å². The van der Waals surface area contributed by atoms with Crippen LogP contribution in [0.25, 0.3) is 0 Å². The number of aryl methyl sites for hydroxylation is 2. The summed E-state index contributed by atoms with van der Waals surface area (Å²) in [5.74, 6) is 1.79. The molecule has 0 unspecified atom stereocenters. The molecular formula is C18H26N6O. The molecule has 4 rings (SSSR count). The number of amides is 1. The first-order valence-corrected chi connectivity index (χ1v) is 9.58. The van der Waals surface area contributed by atoms with Crippen LogP contribution in [0.15, 0.2) is 0 Å². The summed E-state index contributed by atoms with van der Waals surface area (Å²) in [5.41, 5.74) is 2.66. The van der Waals surface area contributed by atoms with Gasteiger partial charge in [0.25, 0.3) is 5.91 Å². The summed E-state index contributed by atoms with van der Waals surface area (Å²) in [7, 11) is 0. The SMILES string of the molecule is O=C(Nc1n[nH]c(CCC2CCCC2)n1)c1n[nH]c2c1CCCCC2. The van der Waals surface area contributed by atoms with Crippen molar-refractivity contribution in [2.75, 3.05) is 5.32 Å². The van der Waals surface area contributed by atoms with Gasteiger partial charge in [0.15, 0.2) is 5.69 Å². The first kappa shape index (κ1) is 16.3. The Morgan fingerprint density at radius 3 is 2.76 bits per heavy atom. The topological polar surface area (TPSA) is 99.3 Å². The average molecular weight is 342 g/mol. The Morgan fingerprint density at radius 1 is 1.04 bits per heavy atom. The van der Waals surface area contributed by atoms with Gasteiger partial charge in [-0.3, -0.25) is 20.3 Å². The summed E-state index contributed by atoms with van der Waals surface area (Å²) < 4.78 is 0. The van der Waals surface area contributed by atoms with Gasteiger partial charge >= 0.3 is 0 Å². The molecular weight excluding hydrogens is 316 g/mol. The Bertz CT molecular complexity index is 728. The van der Waals surface area contributed by atoms with Crippen molar-refractivity contribution in [3.05, 3.63) is 22.8 Å². The molecule has 7 heteroatoms. The zero-order chi connectivity index (χ0) is 17.1. The summed E-state index contributed by atoms with van der Waals surface area (Å²) >= 11 is 0. The van der Waals surface area contributed by atoms with Gasteiger partial charge in [-0.1, -0.05) is 32.1 Å². The molecule has 3 N–H and O–H groups in total. The second-order valence-corrected chi connectivity index (χ2v) is 7.34. The lowest BCUT2D eigenvalue weighted by molar-refractivity contribution is 0.102. The number of carbonyl (C=O) groups is 1. The van der Waals surface area contributed by atoms with Crippen LogP contribution < -0.4 is 5.32 Å². The van der Waals surface area contributed by atoms with E-state index in [4.69, 9.17) is 0 Å². The van der Waals surface area contributed by atoms with Crippen LogP contribution in [0.2, 0.25) is 0 Å². The van der Waals surface area contributed by atoms with Gasteiger partial charge in [0, 0.05) is 17.7 Å². The molecule has 2 aliphatic rings. The van der Waals surface area contributed by atoms with Gasteiger partial charge in [-0.15, -0.1) is 5.10 Å². The third-order valence-electron chi connectivity index (χ3n) is 5.54. The molecule has 2 heterocycles. The second kappa shape index (κ2) is 7.37. The van der Waals surface area contributed by atoms with Crippen LogP contribution in [0, 0.1) is 5.92 Å². The number of nitrogens with one attached hydrogen (secondary N) is 3. The molecule has 1 saturated carbocycles. The summed E-state index contributed by atoms with van der Waals surface area (Å²) in [6.07, 6.45) is 12.8. The fourth-order valence-electron chi connectivity index (χ4n) is 4.11. The number of hydrogen-bond acceptors (Lipinski definition) is 4. The lowest BCUT2D eigenvalue weighted by atomic mass is 10.0. The first-order chi connectivity index (χ1) is 12.3. The molecule has 2 aromatic rings. The van der Waals surface area contributed by atoms with Gasteiger partial charge in [-0.05, 0) is 38.0 Å². The minimum atomic E-state index is -0.222. The van der Waals surface area contributed by atoms with Crippen molar-refractivity contribution in [2.45, 2.75) is 70.6 Å².